The number of rotatable bonds is 4. The van der Waals surface area contributed by atoms with E-state index in [1.165, 1.54) is 6.26 Å². The zero-order chi connectivity index (χ0) is 13.1. The van der Waals surface area contributed by atoms with E-state index >= 15 is 0 Å². The molecule has 0 radical (unpaired) electrons. The van der Waals surface area contributed by atoms with Gasteiger partial charge in [0, 0.05) is 18.0 Å². The van der Waals surface area contributed by atoms with Crippen LogP contribution in [-0.4, -0.2) is 18.5 Å². The normalized spacial score (nSPS) is 12.9. The summed E-state index contributed by atoms with van der Waals surface area (Å²) in [4.78, 5) is 12.0. The maximum absolute atomic E-state index is 12.0. The molecule has 0 saturated carbocycles. The Labute approximate surface area is 106 Å². The molecule has 18 heavy (non-hydrogen) atoms. The largest absolute Gasteiger partial charge is 0.463 e. The first-order valence-corrected chi connectivity index (χ1v) is 6.09. The predicted molar refractivity (Wildman–Crippen MR) is 71.4 cm³/mol. The lowest BCUT2D eigenvalue weighted by Gasteiger charge is -2.15. The van der Waals surface area contributed by atoms with Gasteiger partial charge >= 0.3 is 0 Å². The van der Waals surface area contributed by atoms with Crippen LogP contribution in [0.15, 0.2) is 34.9 Å². The Kier molecular flexibility index (Phi) is 3.67. The zero-order valence-corrected chi connectivity index (χ0v) is 10.6. The van der Waals surface area contributed by atoms with Crippen LogP contribution in [0.3, 0.4) is 0 Å². The molecule has 4 heteroatoms. The molecule has 2 aromatic rings. The highest BCUT2D eigenvalue weighted by atomic mass is 16.3. The van der Waals surface area contributed by atoms with E-state index in [4.69, 9.17) is 10.2 Å². The molecule has 3 N–H and O–H groups in total. The molecule has 0 aliphatic heterocycles. The molecule has 4 nitrogen and oxygen atoms in total. The third-order valence-corrected chi connectivity index (χ3v) is 3.08. The highest BCUT2D eigenvalue weighted by Gasteiger charge is 2.15. The van der Waals surface area contributed by atoms with E-state index in [0.29, 0.717) is 18.0 Å². The van der Waals surface area contributed by atoms with E-state index in [9.17, 15) is 4.79 Å². The molecule has 0 aliphatic carbocycles. The van der Waals surface area contributed by atoms with Crippen LogP contribution in [0.25, 0.3) is 11.0 Å². The third-order valence-electron chi connectivity index (χ3n) is 3.08. The number of benzene rings is 1. The van der Waals surface area contributed by atoms with Crippen molar-refractivity contribution in [3.05, 3.63) is 36.1 Å². The van der Waals surface area contributed by atoms with Crippen LogP contribution in [0.4, 0.5) is 0 Å². The maximum atomic E-state index is 12.0. The van der Waals surface area contributed by atoms with Crippen LogP contribution in [0.5, 0.6) is 0 Å². The fraction of sp³-hybridized carbons (Fsp3) is 0.357. The number of fused-ring (bicyclic) bond motifs is 1. The molecule has 1 aromatic heterocycles. The average molecular weight is 246 g/mol. The summed E-state index contributed by atoms with van der Waals surface area (Å²) in [6.45, 7) is 4.53. The summed E-state index contributed by atoms with van der Waals surface area (Å²) in [6, 6.07) is 7.44. The second kappa shape index (κ2) is 5.23. The standard InChI is InChI=1S/C14H18N2O2/c1-9(2)12(15)7-16-14(17)11-8-18-13-6-4-3-5-10(11)13/h3-6,8-9,12H,7,15H2,1-2H3,(H,16,17). The summed E-state index contributed by atoms with van der Waals surface area (Å²) in [5, 5.41) is 3.66. The first-order chi connectivity index (χ1) is 8.59. The Hall–Kier alpha value is -1.81. The van der Waals surface area contributed by atoms with Gasteiger partial charge in [0.1, 0.15) is 11.8 Å². The average Bonchev–Trinajstić information content (AvgIpc) is 2.79. The van der Waals surface area contributed by atoms with Crippen molar-refractivity contribution in [3.63, 3.8) is 0 Å². The molecule has 0 fully saturated rings. The van der Waals surface area contributed by atoms with Gasteiger partial charge in [-0.05, 0) is 12.0 Å². The summed E-state index contributed by atoms with van der Waals surface area (Å²) in [7, 11) is 0. The monoisotopic (exact) mass is 246 g/mol. The van der Waals surface area contributed by atoms with Gasteiger partial charge < -0.3 is 15.5 Å². The molecular weight excluding hydrogens is 228 g/mol. The molecular formula is C14H18N2O2. The molecule has 1 heterocycles. The Morgan fingerprint density at radius 3 is 2.83 bits per heavy atom. The van der Waals surface area contributed by atoms with Gasteiger partial charge in [-0.1, -0.05) is 32.0 Å². The molecule has 0 aliphatic rings. The second-order valence-corrected chi connectivity index (χ2v) is 4.76. The van der Waals surface area contributed by atoms with Crippen molar-refractivity contribution in [2.75, 3.05) is 6.54 Å². The fourth-order valence-corrected chi connectivity index (χ4v) is 1.70. The van der Waals surface area contributed by atoms with Crippen molar-refractivity contribution < 1.29 is 9.21 Å². The molecule has 0 bridgehead atoms. The summed E-state index contributed by atoms with van der Waals surface area (Å²) in [5.41, 5.74) is 7.17. The van der Waals surface area contributed by atoms with Crippen LogP contribution in [0, 0.1) is 5.92 Å². The number of nitrogens with one attached hydrogen (secondary N) is 1. The van der Waals surface area contributed by atoms with Crippen LogP contribution in [0.2, 0.25) is 0 Å². The Bertz CT molecular complexity index is 545. The minimum absolute atomic E-state index is 0.0351. The van der Waals surface area contributed by atoms with Crippen molar-refractivity contribution in [1.29, 1.82) is 0 Å². The molecule has 1 atom stereocenters. The Morgan fingerprint density at radius 2 is 2.11 bits per heavy atom. The maximum Gasteiger partial charge on any atom is 0.255 e. The third kappa shape index (κ3) is 2.54. The molecule has 0 spiro atoms. The summed E-state index contributed by atoms with van der Waals surface area (Å²) >= 11 is 0. The van der Waals surface area contributed by atoms with Crippen LogP contribution >= 0.6 is 0 Å². The molecule has 96 valence electrons. The zero-order valence-electron chi connectivity index (χ0n) is 10.6. The van der Waals surface area contributed by atoms with Gasteiger partial charge in [0.25, 0.3) is 5.91 Å². The molecule has 1 amide bonds. The summed E-state index contributed by atoms with van der Waals surface area (Å²) in [6.07, 6.45) is 1.49. The van der Waals surface area contributed by atoms with Crippen LogP contribution in [0.1, 0.15) is 24.2 Å². The lowest BCUT2D eigenvalue weighted by molar-refractivity contribution is 0.0950. The second-order valence-electron chi connectivity index (χ2n) is 4.76. The smallest absolute Gasteiger partial charge is 0.255 e. The summed E-state index contributed by atoms with van der Waals surface area (Å²) in [5.74, 6) is 0.197. The van der Waals surface area contributed by atoms with Gasteiger partial charge in [0.2, 0.25) is 0 Å². The lowest BCUT2D eigenvalue weighted by atomic mass is 10.1. The highest BCUT2D eigenvalue weighted by molar-refractivity contribution is 6.05. The van der Waals surface area contributed by atoms with Gasteiger partial charge in [-0.25, -0.2) is 0 Å². The van der Waals surface area contributed by atoms with Crippen molar-refractivity contribution in [2.24, 2.45) is 11.7 Å². The molecule has 0 saturated heterocycles. The molecule has 1 aromatic carbocycles. The van der Waals surface area contributed by atoms with E-state index in [2.05, 4.69) is 5.32 Å². The first kappa shape index (κ1) is 12.6. The minimum Gasteiger partial charge on any atom is -0.463 e. The number of carbonyl (C=O) groups is 1. The van der Waals surface area contributed by atoms with Crippen LogP contribution in [-0.2, 0) is 0 Å². The van der Waals surface area contributed by atoms with Gasteiger partial charge in [0.15, 0.2) is 0 Å². The number of hydrogen-bond acceptors (Lipinski definition) is 3. The minimum atomic E-state index is -0.143. The van der Waals surface area contributed by atoms with Crippen molar-refractivity contribution in [3.8, 4) is 0 Å². The van der Waals surface area contributed by atoms with Crippen molar-refractivity contribution >= 4 is 16.9 Å². The lowest BCUT2D eigenvalue weighted by Crippen LogP contribution is -2.40. The van der Waals surface area contributed by atoms with Gasteiger partial charge in [-0.3, -0.25) is 4.79 Å². The number of furan rings is 1. The van der Waals surface area contributed by atoms with Gasteiger partial charge in [-0.15, -0.1) is 0 Å². The topological polar surface area (TPSA) is 68.3 Å². The SMILES string of the molecule is CC(C)C(N)CNC(=O)c1coc2ccccc12. The van der Waals surface area contributed by atoms with E-state index in [0.717, 1.165) is 11.0 Å². The molecule has 2 rings (SSSR count). The number of amides is 1. The van der Waals surface area contributed by atoms with E-state index in [1.807, 2.05) is 38.1 Å². The highest BCUT2D eigenvalue weighted by Crippen LogP contribution is 2.20. The quantitative estimate of drug-likeness (QED) is 0.868. The number of carbonyl (C=O) groups excluding carboxylic acids is 1. The predicted octanol–water partition coefficient (Wildman–Crippen LogP) is 2.15. The van der Waals surface area contributed by atoms with Crippen molar-refractivity contribution in [2.45, 2.75) is 19.9 Å². The number of para-hydroxylation sites is 1. The Balaban J connectivity index is 2.10. The van der Waals surface area contributed by atoms with Crippen molar-refractivity contribution in [1.82, 2.24) is 5.32 Å². The number of hydrogen-bond donors (Lipinski definition) is 2. The van der Waals surface area contributed by atoms with Crippen LogP contribution < -0.4 is 11.1 Å². The summed E-state index contributed by atoms with van der Waals surface area (Å²) < 4.78 is 5.33. The molecule has 1 unspecified atom stereocenters. The van der Waals surface area contributed by atoms with E-state index < -0.39 is 0 Å². The van der Waals surface area contributed by atoms with Gasteiger partial charge in [-0.2, -0.15) is 0 Å². The fourth-order valence-electron chi connectivity index (χ4n) is 1.70. The van der Waals surface area contributed by atoms with E-state index in [1.54, 1.807) is 0 Å². The Morgan fingerprint density at radius 1 is 1.39 bits per heavy atom. The van der Waals surface area contributed by atoms with Gasteiger partial charge in [0.05, 0.1) is 5.56 Å². The first-order valence-electron chi connectivity index (χ1n) is 6.09. The van der Waals surface area contributed by atoms with E-state index in [-0.39, 0.29) is 11.9 Å². The number of nitrogens with two attached hydrogens (primary N) is 1.